The average Bonchev–Trinajstić information content (AvgIpc) is 2.82. The molecule has 0 amide bonds. The molecule has 1 aliphatic heterocycles. The highest BCUT2D eigenvalue weighted by Gasteiger charge is 2.15. The molecule has 1 aromatic rings. The first kappa shape index (κ1) is 13.1. The van der Waals surface area contributed by atoms with Gasteiger partial charge in [0.15, 0.2) is 5.75 Å². The van der Waals surface area contributed by atoms with Crippen molar-refractivity contribution in [2.24, 2.45) is 0 Å². The first-order valence-electron chi connectivity index (χ1n) is 6.68. The summed E-state index contributed by atoms with van der Waals surface area (Å²) in [5.41, 5.74) is 2.04. The summed E-state index contributed by atoms with van der Waals surface area (Å²) in [6.45, 7) is 7.77. The van der Waals surface area contributed by atoms with Crippen molar-refractivity contribution in [3.05, 3.63) is 18.0 Å². The van der Waals surface area contributed by atoms with Gasteiger partial charge in [-0.2, -0.15) is 0 Å². The normalized spacial score (nSPS) is 17.7. The van der Waals surface area contributed by atoms with Gasteiger partial charge in [-0.05, 0) is 45.8 Å². The molecule has 1 atom stereocenters. The molecule has 0 bridgehead atoms. The van der Waals surface area contributed by atoms with E-state index in [1.807, 2.05) is 13.0 Å². The molecule has 1 saturated heterocycles. The Labute approximate surface area is 109 Å². The molecule has 4 nitrogen and oxygen atoms in total. The maximum Gasteiger partial charge on any atom is 0.160 e. The second kappa shape index (κ2) is 6.05. The topological polar surface area (TPSA) is 37.4 Å². The lowest BCUT2D eigenvalue weighted by Gasteiger charge is -2.23. The standard InChI is InChI=1S/C14H23N3O/c1-11-8-13(14(18-3)9-15-11)16-12(2)10-17-6-4-5-7-17/h8-9,12H,4-7,10H2,1-3H3,(H,15,16). The lowest BCUT2D eigenvalue weighted by atomic mass is 10.2. The van der Waals surface area contributed by atoms with Crippen LogP contribution in [-0.4, -0.2) is 42.7 Å². The van der Waals surface area contributed by atoms with Crippen molar-refractivity contribution in [3.8, 4) is 5.75 Å². The van der Waals surface area contributed by atoms with Crippen molar-refractivity contribution >= 4 is 5.69 Å². The molecule has 0 saturated carbocycles. The Morgan fingerprint density at radius 3 is 2.83 bits per heavy atom. The average molecular weight is 249 g/mol. The van der Waals surface area contributed by atoms with E-state index in [0.717, 1.165) is 23.7 Å². The highest BCUT2D eigenvalue weighted by atomic mass is 16.5. The number of methoxy groups -OCH3 is 1. The molecule has 0 radical (unpaired) electrons. The molecule has 1 aliphatic rings. The van der Waals surface area contributed by atoms with Gasteiger partial charge in [-0.25, -0.2) is 0 Å². The third-order valence-corrected chi connectivity index (χ3v) is 3.36. The largest absolute Gasteiger partial charge is 0.493 e. The summed E-state index contributed by atoms with van der Waals surface area (Å²) in [6, 6.07) is 2.46. The molecule has 0 aromatic carbocycles. The number of anilines is 1. The summed E-state index contributed by atoms with van der Waals surface area (Å²) < 4.78 is 5.33. The quantitative estimate of drug-likeness (QED) is 0.869. The molecule has 0 aliphatic carbocycles. The fourth-order valence-electron chi connectivity index (χ4n) is 2.49. The van der Waals surface area contributed by atoms with Gasteiger partial charge in [-0.1, -0.05) is 0 Å². The second-order valence-electron chi connectivity index (χ2n) is 5.08. The number of aromatic nitrogens is 1. The van der Waals surface area contributed by atoms with Crippen LogP contribution >= 0.6 is 0 Å². The van der Waals surface area contributed by atoms with E-state index in [4.69, 9.17) is 4.74 Å². The number of hydrogen-bond acceptors (Lipinski definition) is 4. The smallest absolute Gasteiger partial charge is 0.160 e. The van der Waals surface area contributed by atoms with Crippen LogP contribution in [0.4, 0.5) is 5.69 Å². The summed E-state index contributed by atoms with van der Waals surface area (Å²) in [5, 5.41) is 3.52. The van der Waals surface area contributed by atoms with E-state index in [2.05, 4.69) is 22.1 Å². The predicted molar refractivity (Wildman–Crippen MR) is 74.3 cm³/mol. The summed E-state index contributed by atoms with van der Waals surface area (Å²) in [5.74, 6) is 0.814. The SMILES string of the molecule is COc1cnc(C)cc1NC(C)CN1CCCC1. The third-order valence-electron chi connectivity index (χ3n) is 3.36. The Bertz CT molecular complexity index is 389. The minimum Gasteiger partial charge on any atom is -0.493 e. The van der Waals surface area contributed by atoms with E-state index >= 15 is 0 Å². The lowest BCUT2D eigenvalue weighted by Crippen LogP contribution is -2.33. The molecule has 2 heterocycles. The van der Waals surface area contributed by atoms with Gasteiger partial charge >= 0.3 is 0 Å². The van der Waals surface area contributed by atoms with E-state index in [0.29, 0.717) is 6.04 Å². The molecule has 1 fully saturated rings. The van der Waals surface area contributed by atoms with Crippen molar-refractivity contribution in [1.82, 2.24) is 9.88 Å². The first-order valence-corrected chi connectivity index (χ1v) is 6.68. The van der Waals surface area contributed by atoms with Gasteiger partial charge in [0.1, 0.15) is 0 Å². The Morgan fingerprint density at radius 2 is 2.17 bits per heavy atom. The summed E-state index contributed by atoms with van der Waals surface area (Å²) in [6.07, 6.45) is 4.45. The number of nitrogens with one attached hydrogen (secondary N) is 1. The lowest BCUT2D eigenvalue weighted by molar-refractivity contribution is 0.327. The van der Waals surface area contributed by atoms with Gasteiger partial charge in [-0.3, -0.25) is 4.98 Å². The van der Waals surface area contributed by atoms with E-state index < -0.39 is 0 Å². The van der Waals surface area contributed by atoms with Crippen LogP contribution in [0.3, 0.4) is 0 Å². The zero-order chi connectivity index (χ0) is 13.0. The summed E-state index contributed by atoms with van der Waals surface area (Å²) >= 11 is 0. The predicted octanol–water partition coefficient (Wildman–Crippen LogP) is 2.29. The highest BCUT2D eigenvalue weighted by Crippen LogP contribution is 2.24. The molecule has 100 valence electrons. The Hall–Kier alpha value is -1.29. The van der Waals surface area contributed by atoms with Crippen LogP contribution in [0.25, 0.3) is 0 Å². The minimum atomic E-state index is 0.416. The first-order chi connectivity index (χ1) is 8.69. The van der Waals surface area contributed by atoms with Crippen molar-refractivity contribution in [2.45, 2.75) is 32.7 Å². The van der Waals surface area contributed by atoms with Gasteiger partial charge in [0.05, 0.1) is 19.0 Å². The maximum absolute atomic E-state index is 5.33. The Morgan fingerprint density at radius 1 is 1.44 bits per heavy atom. The molecule has 1 N–H and O–H groups in total. The van der Waals surface area contributed by atoms with Crippen LogP contribution in [-0.2, 0) is 0 Å². The van der Waals surface area contributed by atoms with Gasteiger partial charge in [-0.15, -0.1) is 0 Å². The zero-order valence-electron chi connectivity index (χ0n) is 11.6. The van der Waals surface area contributed by atoms with Gasteiger partial charge < -0.3 is 15.0 Å². The van der Waals surface area contributed by atoms with Crippen LogP contribution in [0, 0.1) is 6.92 Å². The van der Waals surface area contributed by atoms with Crippen molar-refractivity contribution in [1.29, 1.82) is 0 Å². The van der Waals surface area contributed by atoms with Crippen molar-refractivity contribution in [2.75, 3.05) is 32.1 Å². The number of rotatable bonds is 5. The summed E-state index contributed by atoms with van der Waals surface area (Å²) in [4.78, 5) is 6.76. The Kier molecular flexibility index (Phi) is 4.42. The molecule has 1 aromatic heterocycles. The number of nitrogens with zero attached hydrogens (tertiary/aromatic N) is 2. The van der Waals surface area contributed by atoms with E-state index in [9.17, 15) is 0 Å². The number of aryl methyl sites for hydroxylation is 1. The molecular weight excluding hydrogens is 226 g/mol. The van der Waals surface area contributed by atoms with Gasteiger partial charge in [0.2, 0.25) is 0 Å². The maximum atomic E-state index is 5.33. The summed E-state index contributed by atoms with van der Waals surface area (Å²) in [7, 11) is 1.68. The fraction of sp³-hybridized carbons (Fsp3) is 0.643. The number of ether oxygens (including phenoxy) is 1. The third kappa shape index (κ3) is 3.35. The van der Waals surface area contributed by atoms with E-state index in [1.165, 1.54) is 25.9 Å². The Balaban J connectivity index is 1.96. The number of likely N-dealkylation sites (tertiary alicyclic amines) is 1. The zero-order valence-corrected chi connectivity index (χ0v) is 11.6. The van der Waals surface area contributed by atoms with E-state index in [-0.39, 0.29) is 0 Å². The highest BCUT2D eigenvalue weighted by molar-refractivity contribution is 5.56. The molecule has 2 rings (SSSR count). The van der Waals surface area contributed by atoms with Crippen molar-refractivity contribution < 1.29 is 4.74 Å². The monoisotopic (exact) mass is 249 g/mol. The molecule has 18 heavy (non-hydrogen) atoms. The minimum absolute atomic E-state index is 0.416. The van der Waals surface area contributed by atoms with Gasteiger partial charge in [0, 0.05) is 18.3 Å². The van der Waals surface area contributed by atoms with Crippen LogP contribution < -0.4 is 10.1 Å². The molecule has 1 unspecified atom stereocenters. The molecular formula is C14H23N3O. The van der Waals surface area contributed by atoms with Crippen LogP contribution in [0.2, 0.25) is 0 Å². The van der Waals surface area contributed by atoms with Crippen LogP contribution in [0.1, 0.15) is 25.5 Å². The number of hydrogen-bond donors (Lipinski definition) is 1. The molecule has 4 heteroatoms. The van der Waals surface area contributed by atoms with Crippen LogP contribution in [0.5, 0.6) is 5.75 Å². The number of pyridine rings is 1. The fourth-order valence-corrected chi connectivity index (χ4v) is 2.49. The van der Waals surface area contributed by atoms with Crippen LogP contribution in [0.15, 0.2) is 12.3 Å². The molecule has 0 spiro atoms. The second-order valence-corrected chi connectivity index (χ2v) is 5.08. The van der Waals surface area contributed by atoms with Crippen molar-refractivity contribution in [3.63, 3.8) is 0 Å². The van der Waals surface area contributed by atoms with E-state index in [1.54, 1.807) is 13.3 Å². The van der Waals surface area contributed by atoms with Gasteiger partial charge in [0.25, 0.3) is 0 Å².